The van der Waals surface area contributed by atoms with E-state index in [0.717, 1.165) is 37.9 Å². The number of benzene rings is 2. The van der Waals surface area contributed by atoms with Crippen LogP contribution in [0.15, 0.2) is 72.5 Å². The van der Waals surface area contributed by atoms with Crippen LogP contribution in [0.3, 0.4) is 0 Å². The molecule has 6 heteroatoms. The van der Waals surface area contributed by atoms with Gasteiger partial charge in [0, 0.05) is 25.9 Å². The van der Waals surface area contributed by atoms with Crippen LogP contribution in [-0.2, 0) is 13.6 Å². The Kier molecular flexibility index (Phi) is 12.9. The van der Waals surface area contributed by atoms with Gasteiger partial charge in [-0.1, -0.05) is 123 Å². The molecule has 0 spiro atoms. The molecule has 0 saturated carbocycles. The highest BCUT2D eigenvalue weighted by atomic mass is 28.4. The van der Waals surface area contributed by atoms with Crippen LogP contribution < -0.4 is 10.4 Å². The zero-order valence-corrected chi connectivity index (χ0v) is 30.7. The predicted octanol–water partition coefficient (Wildman–Crippen LogP) is 8.74. The van der Waals surface area contributed by atoms with E-state index < -0.39 is 16.6 Å². The molecule has 3 atom stereocenters. The second-order valence-corrected chi connectivity index (χ2v) is 24.3. The molecule has 3 rings (SSSR count). The van der Waals surface area contributed by atoms with Crippen LogP contribution in [0.2, 0.25) is 21.7 Å². The van der Waals surface area contributed by atoms with Crippen LogP contribution in [0.5, 0.6) is 0 Å². The van der Waals surface area contributed by atoms with E-state index in [4.69, 9.17) is 13.6 Å². The molecule has 1 N–H and O–H groups in total. The third-order valence-electron chi connectivity index (χ3n) is 9.47. The Morgan fingerprint density at radius 2 is 1.35 bits per heavy atom. The normalized spacial score (nSPS) is 19.1. The van der Waals surface area contributed by atoms with Gasteiger partial charge in [-0.3, -0.25) is 0 Å². The molecule has 0 saturated heterocycles. The molecule has 4 nitrogen and oxygen atoms in total. The van der Waals surface area contributed by atoms with E-state index >= 15 is 0 Å². The van der Waals surface area contributed by atoms with Crippen molar-refractivity contribution in [2.75, 3.05) is 6.61 Å². The lowest BCUT2D eigenvalue weighted by Crippen LogP contribution is -2.66. The largest absolute Gasteiger partial charge is 0.495 e. The molecular formula is C37H60O4Si2. The van der Waals surface area contributed by atoms with E-state index in [9.17, 15) is 5.11 Å². The SMILES string of the molecule is CC(C)[Si](O[C@@H]1C=C(CCC[C@H](C)O)O[C@@H](CCO[Si](c2ccccc2)(c2ccccc2)C(C)(C)C)C1)(C(C)C)C(C)C. The highest BCUT2D eigenvalue weighted by Crippen LogP contribution is 2.44. The summed E-state index contributed by atoms with van der Waals surface area (Å²) in [5.74, 6) is 1.02. The number of ether oxygens (including phenoxy) is 1. The maximum atomic E-state index is 9.88. The molecule has 0 aromatic heterocycles. The number of hydrogen-bond donors (Lipinski definition) is 1. The van der Waals surface area contributed by atoms with Gasteiger partial charge in [-0.15, -0.1) is 0 Å². The highest BCUT2D eigenvalue weighted by molar-refractivity contribution is 6.99. The molecule has 0 amide bonds. The van der Waals surface area contributed by atoms with Gasteiger partial charge in [0.2, 0.25) is 8.32 Å². The van der Waals surface area contributed by atoms with E-state index in [1.54, 1.807) is 0 Å². The fourth-order valence-electron chi connectivity index (χ4n) is 7.58. The minimum Gasteiger partial charge on any atom is -0.495 e. The summed E-state index contributed by atoms with van der Waals surface area (Å²) >= 11 is 0. The molecule has 43 heavy (non-hydrogen) atoms. The molecule has 0 radical (unpaired) electrons. The van der Waals surface area contributed by atoms with Crippen molar-refractivity contribution in [1.29, 1.82) is 0 Å². The number of hydrogen-bond acceptors (Lipinski definition) is 4. The van der Waals surface area contributed by atoms with Crippen molar-refractivity contribution in [3.05, 3.63) is 72.5 Å². The third kappa shape index (κ3) is 8.52. The minimum atomic E-state index is -2.61. The molecule has 0 aliphatic carbocycles. The Hall–Kier alpha value is -1.71. The quantitative estimate of drug-likeness (QED) is 0.201. The Balaban J connectivity index is 1.88. The van der Waals surface area contributed by atoms with Crippen LogP contribution in [0, 0.1) is 0 Å². The summed E-state index contributed by atoms with van der Waals surface area (Å²) in [7, 11) is -4.67. The fourth-order valence-corrected chi connectivity index (χ4v) is 17.7. The standard InChI is InChI=1S/C37H60O4Si2/c1-28(2)42(29(3)4,30(5)6)41-34-26-32(19-17-18-31(7)38)40-33(27-34)24-25-39-43(37(8,9)10,35-20-13-11-14-21-35)36-22-15-12-16-23-36/h11-16,20-23,26,28-31,33-34,38H,17-19,24-25,27H2,1-10H3/t31-,33-,34+/m0/s1. The van der Waals surface area contributed by atoms with Crippen LogP contribution >= 0.6 is 0 Å². The highest BCUT2D eigenvalue weighted by Gasteiger charge is 2.50. The number of aliphatic hydroxyl groups excluding tert-OH is 1. The molecule has 1 heterocycles. The first-order chi connectivity index (χ1) is 20.2. The summed E-state index contributed by atoms with van der Waals surface area (Å²) < 4.78 is 21.2. The lowest BCUT2D eigenvalue weighted by Gasteiger charge is -2.46. The van der Waals surface area contributed by atoms with Gasteiger partial charge in [-0.25, -0.2) is 0 Å². The maximum absolute atomic E-state index is 9.88. The van der Waals surface area contributed by atoms with Crippen LogP contribution in [0.25, 0.3) is 0 Å². The summed E-state index contributed by atoms with van der Waals surface area (Å²) in [5, 5.41) is 12.4. The van der Waals surface area contributed by atoms with Gasteiger partial charge < -0.3 is 18.7 Å². The molecule has 0 bridgehead atoms. The lowest BCUT2D eigenvalue weighted by molar-refractivity contribution is 0.0277. The van der Waals surface area contributed by atoms with E-state index in [-0.39, 0.29) is 23.4 Å². The van der Waals surface area contributed by atoms with E-state index in [0.29, 0.717) is 23.2 Å². The lowest BCUT2D eigenvalue weighted by atomic mass is 10.0. The Labute approximate surface area is 265 Å². The van der Waals surface area contributed by atoms with Crippen LogP contribution in [0.1, 0.15) is 101 Å². The Bertz CT molecular complexity index is 1060. The first-order valence-electron chi connectivity index (χ1n) is 16.7. The maximum Gasteiger partial charge on any atom is 0.261 e. The van der Waals surface area contributed by atoms with Crippen molar-refractivity contribution < 1.29 is 18.7 Å². The molecule has 240 valence electrons. The number of aliphatic hydroxyl groups is 1. The van der Waals surface area contributed by atoms with Gasteiger partial charge in [-0.05, 0) is 57.9 Å². The second-order valence-electron chi connectivity index (χ2n) is 14.6. The summed E-state index contributed by atoms with van der Waals surface area (Å²) in [4.78, 5) is 0. The Morgan fingerprint density at radius 1 is 0.837 bits per heavy atom. The van der Waals surface area contributed by atoms with Crippen molar-refractivity contribution in [1.82, 2.24) is 0 Å². The molecule has 2 aromatic carbocycles. The first-order valence-corrected chi connectivity index (χ1v) is 20.8. The number of rotatable bonds is 15. The molecule has 1 aliphatic heterocycles. The van der Waals surface area contributed by atoms with E-state index in [1.165, 1.54) is 10.4 Å². The zero-order chi connectivity index (χ0) is 31.8. The summed E-state index contributed by atoms with van der Waals surface area (Å²) in [5.41, 5.74) is 1.58. The molecule has 2 aromatic rings. The van der Waals surface area contributed by atoms with E-state index in [1.807, 2.05) is 6.92 Å². The third-order valence-corrected chi connectivity index (χ3v) is 20.6. The molecule has 0 unspecified atom stereocenters. The molecule has 1 aliphatic rings. The van der Waals surface area contributed by atoms with Gasteiger partial charge in [0.1, 0.15) is 6.10 Å². The molecule has 0 fully saturated rings. The van der Waals surface area contributed by atoms with Crippen molar-refractivity contribution in [3.8, 4) is 0 Å². The fraction of sp³-hybridized carbons (Fsp3) is 0.622. The van der Waals surface area contributed by atoms with Gasteiger partial charge in [0.05, 0.1) is 18.0 Å². The zero-order valence-electron chi connectivity index (χ0n) is 28.7. The monoisotopic (exact) mass is 624 g/mol. The van der Waals surface area contributed by atoms with Crippen LogP contribution in [-0.4, -0.2) is 46.7 Å². The summed E-state index contributed by atoms with van der Waals surface area (Å²) in [6.07, 6.45) is 6.23. The van der Waals surface area contributed by atoms with Gasteiger partial charge in [0.15, 0.2) is 0 Å². The minimum absolute atomic E-state index is 0.0351. The first kappa shape index (κ1) is 35.8. The molecular weight excluding hydrogens is 565 g/mol. The average Bonchev–Trinajstić information content (AvgIpc) is 2.93. The van der Waals surface area contributed by atoms with Crippen molar-refractivity contribution in [2.45, 2.75) is 141 Å². The smallest absolute Gasteiger partial charge is 0.261 e. The number of allylic oxidation sites excluding steroid dienone is 1. The van der Waals surface area contributed by atoms with Gasteiger partial charge in [-0.2, -0.15) is 0 Å². The van der Waals surface area contributed by atoms with Crippen molar-refractivity contribution >= 4 is 27.0 Å². The topological polar surface area (TPSA) is 47.9 Å². The second kappa shape index (κ2) is 15.5. The Morgan fingerprint density at radius 3 is 1.79 bits per heavy atom. The van der Waals surface area contributed by atoms with Crippen molar-refractivity contribution in [3.63, 3.8) is 0 Å². The van der Waals surface area contributed by atoms with Gasteiger partial charge in [0.25, 0.3) is 8.32 Å². The van der Waals surface area contributed by atoms with Crippen LogP contribution in [0.4, 0.5) is 0 Å². The van der Waals surface area contributed by atoms with Crippen molar-refractivity contribution in [2.24, 2.45) is 0 Å². The van der Waals surface area contributed by atoms with E-state index in [2.05, 4.69) is 129 Å². The predicted molar refractivity (Wildman–Crippen MR) is 187 cm³/mol. The summed E-state index contributed by atoms with van der Waals surface area (Å²) in [6.45, 7) is 23.6. The van der Waals surface area contributed by atoms with Gasteiger partial charge >= 0.3 is 0 Å². The average molecular weight is 625 g/mol. The summed E-state index contributed by atoms with van der Waals surface area (Å²) in [6, 6.07) is 21.7.